The Hall–Kier alpha value is -2.43. The third-order valence-electron chi connectivity index (χ3n) is 3.02. The van der Waals surface area contributed by atoms with Gasteiger partial charge in [0.05, 0.1) is 5.69 Å². The molecule has 0 bridgehead atoms. The van der Waals surface area contributed by atoms with E-state index in [1.54, 1.807) is 36.4 Å². The molecule has 0 saturated heterocycles. The molecule has 1 amide bonds. The van der Waals surface area contributed by atoms with Gasteiger partial charge in [-0.2, -0.15) is 0 Å². The van der Waals surface area contributed by atoms with E-state index in [4.69, 9.17) is 5.11 Å². The second-order valence-electron chi connectivity index (χ2n) is 4.03. The van der Waals surface area contributed by atoms with E-state index >= 15 is 0 Å². The average molecular weight is 245 g/mol. The Labute approximate surface area is 101 Å². The maximum atomic E-state index is 13.7. The number of hydrogen-bond donors (Lipinski definition) is 1. The minimum absolute atomic E-state index is 0.308. The predicted molar refractivity (Wildman–Crippen MR) is 63.3 cm³/mol. The van der Waals surface area contributed by atoms with E-state index in [2.05, 4.69) is 0 Å². The molecule has 0 saturated carbocycles. The van der Waals surface area contributed by atoms with Crippen molar-refractivity contribution in [2.75, 3.05) is 4.90 Å². The Morgan fingerprint density at radius 1 is 1.22 bits per heavy atom. The smallest absolute Gasteiger partial charge is 0.360 e. The van der Waals surface area contributed by atoms with Gasteiger partial charge in [0.25, 0.3) is 12.2 Å². The number of carbonyl (C=O) groups is 2. The Morgan fingerprint density at radius 2 is 1.89 bits per heavy atom. The van der Waals surface area contributed by atoms with Crippen molar-refractivity contribution in [1.82, 2.24) is 0 Å². The summed E-state index contributed by atoms with van der Waals surface area (Å²) < 4.78 is 13.7. The zero-order valence-electron chi connectivity index (χ0n) is 9.13. The molecule has 2 aromatic carbocycles. The number of alkyl halides is 1. The molecule has 0 fully saturated rings. The van der Waals surface area contributed by atoms with Crippen LogP contribution in [0.3, 0.4) is 0 Å². The summed E-state index contributed by atoms with van der Waals surface area (Å²) >= 11 is 0. The van der Waals surface area contributed by atoms with Gasteiger partial charge in [-0.25, -0.2) is 9.18 Å². The third-order valence-corrected chi connectivity index (χ3v) is 3.02. The maximum Gasteiger partial charge on any atom is 0.360 e. The monoisotopic (exact) mass is 245 g/mol. The summed E-state index contributed by atoms with van der Waals surface area (Å²) in [6.07, 6.45) is -2.37. The number of rotatable bonds is 2. The first kappa shape index (κ1) is 10.7. The number of halogens is 1. The fourth-order valence-corrected chi connectivity index (χ4v) is 2.27. The standard InChI is InChI=1S/C13H8FNO3/c14-11(13(17)18)15-9-6-2-4-7-3-1-5-8(10(7)9)12(15)16/h1-6,11H,(H,17,18). The van der Waals surface area contributed by atoms with Gasteiger partial charge < -0.3 is 5.11 Å². The molecule has 0 aliphatic carbocycles. The first-order valence-corrected chi connectivity index (χ1v) is 5.33. The largest absolute Gasteiger partial charge is 0.478 e. The summed E-state index contributed by atoms with van der Waals surface area (Å²) in [4.78, 5) is 23.5. The Morgan fingerprint density at radius 3 is 2.56 bits per heavy atom. The third kappa shape index (κ3) is 1.24. The molecular weight excluding hydrogens is 237 g/mol. The van der Waals surface area contributed by atoms with Crippen LogP contribution < -0.4 is 4.90 Å². The van der Waals surface area contributed by atoms with Crippen LogP contribution in [0, 0.1) is 0 Å². The van der Waals surface area contributed by atoms with E-state index in [1.807, 2.05) is 0 Å². The molecule has 4 nitrogen and oxygen atoms in total. The number of amides is 1. The van der Waals surface area contributed by atoms with Crippen LogP contribution in [0.2, 0.25) is 0 Å². The van der Waals surface area contributed by atoms with E-state index in [9.17, 15) is 14.0 Å². The predicted octanol–water partition coefficient (Wildman–Crippen LogP) is 2.18. The van der Waals surface area contributed by atoms with E-state index < -0.39 is 18.2 Å². The van der Waals surface area contributed by atoms with Crippen molar-refractivity contribution in [3.8, 4) is 0 Å². The van der Waals surface area contributed by atoms with Crippen LogP contribution in [0.15, 0.2) is 36.4 Å². The van der Waals surface area contributed by atoms with Gasteiger partial charge in [0, 0.05) is 10.9 Å². The topological polar surface area (TPSA) is 57.6 Å². The van der Waals surface area contributed by atoms with E-state index in [0.717, 1.165) is 5.39 Å². The number of anilines is 1. The van der Waals surface area contributed by atoms with Crippen LogP contribution >= 0.6 is 0 Å². The highest BCUT2D eigenvalue weighted by Crippen LogP contribution is 2.38. The Bertz CT molecular complexity index is 678. The maximum absolute atomic E-state index is 13.7. The van der Waals surface area contributed by atoms with Crippen LogP contribution in [0.25, 0.3) is 10.8 Å². The van der Waals surface area contributed by atoms with Crippen LogP contribution in [-0.4, -0.2) is 23.3 Å². The van der Waals surface area contributed by atoms with Gasteiger partial charge in [0.2, 0.25) is 0 Å². The molecular formula is C13H8FNO3. The SMILES string of the molecule is O=C(O)C(F)N1C(=O)c2cccc3cccc1c23. The lowest BCUT2D eigenvalue weighted by Gasteiger charge is -2.18. The molecule has 1 aliphatic heterocycles. The van der Waals surface area contributed by atoms with Crippen molar-refractivity contribution in [1.29, 1.82) is 0 Å². The summed E-state index contributed by atoms with van der Waals surface area (Å²) in [5, 5.41) is 10.1. The molecule has 1 heterocycles. The van der Waals surface area contributed by atoms with E-state index in [0.29, 0.717) is 21.5 Å². The van der Waals surface area contributed by atoms with Crippen molar-refractivity contribution < 1.29 is 19.1 Å². The number of benzene rings is 2. The molecule has 1 atom stereocenters. The van der Waals surface area contributed by atoms with Crippen molar-refractivity contribution >= 4 is 28.3 Å². The van der Waals surface area contributed by atoms with Crippen LogP contribution in [0.4, 0.5) is 10.1 Å². The van der Waals surface area contributed by atoms with Gasteiger partial charge >= 0.3 is 5.97 Å². The van der Waals surface area contributed by atoms with E-state index in [-0.39, 0.29) is 0 Å². The Kier molecular flexibility index (Phi) is 2.10. The summed E-state index contributed by atoms with van der Waals surface area (Å²) in [5.74, 6) is -2.29. The van der Waals surface area contributed by atoms with Gasteiger partial charge in [-0.3, -0.25) is 9.69 Å². The van der Waals surface area contributed by atoms with Gasteiger partial charge in [-0.05, 0) is 17.5 Å². The zero-order chi connectivity index (χ0) is 12.9. The first-order valence-electron chi connectivity index (χ1n) is 5.33. The second-order valence-corrected chi connectivity index (χ2v) is 4.03. The molecule has 90 valence electrons. The van der Waals surface area contributed by atoms with Crippen LogP contribution in [0.5, 0.6) is 0 Å². The Balaban J connectivity index is 2.29. The molecule has 5 heteroatoms. The van der Waals surface area contributed by atoms with Crippen molar-refractivity contribution in [2.24, 2.45) is 0 Å². The number of carboxylic acids is 1. The molecule has 0 radical (unpaired) electrons. The fraction of sp³-hybridized carbons (Fsp3) is 0.0769. The average Bonchev–Trinajstić information content (AvgIpc) is 2.65. The van der Waals surface area contributed by atoms with Crippen molar-refractivity contribution in [2.45, 2.75) is 6.30 Å². The summed E-state index contributed by atoms with van der Waals surface area (Å²) in [6, 6.07) is 10.1. The molecule has 18 heavy (non-hydrogen) atoms. The fourth-order valence-electron chi connectivity index (χ4n) is 2.27. The van der Waals surface area contributed by atoms with Gasteiger partial charge in [-0.15, -0.1) is 0 Å². The number of carboxylic acid groups (broad SMARTS) is 1. The molecule has 0 aromatic heterocycles. The minimum Gasteiger partial charge on any atom is -0.478 e. The molecule has 0 spiro atoms. The normalized spacial score (nSPS) is 15.2. The lowest BCUT2D eigenvalue weighted by molar-refractivity contribution is -0.142. The summed E-state index contributed by atoms with van der Waals surface area (Å²) in [6.45, 7) is 0. The number of hydrogen-bond acceptors (Lipinski definition) is 2. The first-order chi connectivity index (χ1) is 8.61. The van der Waals surface area contributed by atoms with Crippen molar-refractivity contribution in [3.05, 3.63) is 42.0 Å². The van der Waals surface area contributed by atoms with Gasteiger partial charge in [-0.1, -0.05) is 24.3 Å². The zero-order valence-corrected chi connectivity index (χ0v) is 9.13. The number of nitrogens with zero attached hydrogens (tertiary/aromatic N) is 1. The molecule has 2 aromatic rings. The van der Waals surface area contributed by atoms with Crippen LogP contribution in [0.1, 0.15) is 10.4 Å². The molecule has 1 N–H and O–H groups in total. The highest BCUT2D eigenvalue weighted by Gasteiger charge is 2.38. The molecule has 1 aliphatic rings. The highest BCUT2D eigenvalue weighted by molar-refractivity contribution is 6.26. The highest BCUT2D eigenvalue weighted by atomic mass is 19.1. The van der Waals surface area contributed by atoms with Crippen molar-refractivity contribution in [3.63, 3.8) is 0 Å². The summed E-state index contributed by atoms with van der Waals surface area (Å²) in [5.41, 5.74) is 0.648. The van der Waals surface area contributed by atoms with Gasteiger partial charge in [0.1, 0.15) is 0 Å². The summed E-state index contributed by atoms with van der Waals surface area (Å²) in [7, 11) is 0. The molecule has 1 unspecified atom stereocenters. The lowest BCUT2D eigenvalue weighted by atomic mass is 10.1. The quantitative estimate of drug-likeness (QED) is 0.825. The molecule has 3 rings (SSSR count). The number of carbonyl (C=O) groups excluding carboxylic acids is 1. The lowest BCUT2D eigenvalue weighted by Crippen LogP contribution is -2.40. The van der Waals surface area contributed by atoms with Gasteiger partial charge in [0.15, 0.2) is 0 Å². The second kappa shape index (κ2) is 3.53. The minimum atomic E-state index is -2.37. The number of aliphatic carboxylic acids is 1. The van der Waals surface area contributed by atoms with E-state index in [1.165, 1.54) is 0 Å². The van der Waals surface area contributed by atoms with Crippen LogP contribution in [-0.2, 0) is 4.79 Å².